The van der Waals surface area contributed by atoms with Gasteiger partial charge in [-0.15, -0.1) is 0 Å². The van der Waals surface area contributed by atoms with Crippen LogP contribution in [0.3, 0.4) is 0 Å². The summed E-state index contributed by atoms with van der Waals surface area (Å²) >= 11 is 0. The molecule has 6 aromatic carbocycles. The van der Waals surface area contributed by atoms with Crippen molar-refractivity contribution in [1.29, 1.82) is 0 Å². The monoisotopic (exact) mass is 594 g/mol. The maximum atomic E-state index is 2.45. The van der Waals surface area contributed by atoms with Crippen molar-refractivity contribution in [2.75, 3.05) is 9.80 Å². The second-order valence-corrected chi connectivity index (χ2v) is 13.0. The Morgan fingerprint density at radius 3 is 0.957 bits per heavy atom. The summed E-state index contributed by atoms with van der Waals surface area (Å²) in [6, 6.07) is 53.8. The first-order chi connectivity index (χ1) is 22.5. The van der Waals surface area contributed by atoms with Crippen LogP contribution in [0, 0.1) is 0 Å². The number of nitrogens with zero attached hydrogens (tertiary/aromatic N) is 2. The molecule has 0 atom stereocenters. The molecule has 2 aliphatic rings. The van der Waals surface area contributed by atoms with Gasteiger partial charge in [0.05, 0.1) is 22.7 Å². The molecule has 0 aliphatic carbocycles. The molecule has 8 rings (SSSR count). The highest BCUT2D eigenvalue weighted by Gasteiger charge is 2.34. The lowest BCUT2D eigenvalue weighted by Gasteiger charge is -2.39. The molecule has 2 heterocycles. The normalized spacial score (nSPS) is 13.4. The van der Waals surface area contributed by atoms with E-state index in [9.17, 15) is 0 Å². The molecule has 0 amide bonds. The molecule has 6 aromatic rings. The molecule has 0 spiro atoms. The van der Waals surface area contributed by atoms with Crippen molar-refractivity contribution >= 4 is 45.3 Å². The van der Waals surface area contributed by atoms with Gasteiger partial charge in [-0.1, -0.05) is 125 Å². The lowest BCUT2D eigenvalue weighted by Crippen LogP contribution is -2.22. The van der Waals surface area contributed by atoms with Crippen molar-refractivity contribution in [3.8, 4) is 0 Å². The maximum Gasteiger partial charge on any atom is 0.0540 e. The fraction of sp³-hybridized carbons (Fsp3) is 0.136. The van der Waals surface area contributed by atoms with Gasteiger partial charge in [-0.25, -0.2) is 0 Å². The van der Waals surface area contributed by atoms with Crippen LogP contribution in [0.2, 0.25) is 0 Å². The van der Waals surface area contributed by atoms with Crippen LogP contribution in [0.4, 0.5) is 34.1 Å². The van der Waals surface area contributed by atoms with Crippen molar-refractivity contribution in [3.05, 3.63) is 179 Å². The zero-order valence-corrected chi connectivity index (χ0v) is 26.9. The summed E-state index contributed by atoms with van der Waals surface area (Å²) in [5.41, 5.74) is 17.4. The van der Waals surface area contributed by atoms with Crippen LogP contribution in [0.1, 0.15) is 72.9 Å². The van der Waals surface area contributed by atoms with Gasteiger partial charge in [-0.05, 0) is 71.5 Å². The topological polar surface area (TPSA) is 6.48 Å². The molecule has 2 nitrogen and oxygen atoms in total. The number of para-hydroxylation sites is 4. The van der Waals surface area contributed by atoms with Gasteiger partial charge in [0.15, 0.2) is 0 Å². The third-order valence-electron chi connectivity index (χ3n) is 9.50. The first-order valence-electron chi connectivity index (χ1n) is 16.4. The fourth-order valence-corrected chi connectivity index (χ4v) is 7.21. The van der Waals surface area contributed by atoms with Gasteiger partial charge >= 0.3 is 0 Å². The van der Waals surface area contributed by atoms with Crippen LogP contribution in [0.5, 0.6) is 0 Å². The van der Waals surface area contributed by atoms with Crippen molar-refractivity contribution in [2.24, 2.45) is 0 Å². The summed E-state index contributed by atoms with van der Waals surface area (Å²) in [4.78, 5) is 4.90. The van der Waals surface area contributed by atoms with Gasteiger partial charge in [0.2, 0.25) is 0 Å². The van der Waals surface area contributed by atoms with E-state index in [1.807, 2.05) is 0 Å². The van der Waals surface area contributed by atoms with E-state index < -0.39 is 0 Å². The standard InChI is InChI=1S/C44H38N2/c1-29(2)31-15-13-17-33(27-31)45-39-23-9-5-19-35(39)43(36-20-6-10-24-40(36)45)44-37-21-7-11-25-41(37)46(42-26-12-8-22-38(42)44)34-18-14-16-32(28-34)30(3)4/h5-30H,1-4H3. The number of anilines is 6. The minimum atomic E-state index is 0.451. The Morgan fingerprint density at radius 1 is 0.348 bits per heavy atom. The minimum absolute atomic E-state index is 0.451. The molecule has 0 fully saturated rings. The Kier molecular flexibility index (Phi) is 6.87. The Morgan fingerprint density at radius 2 is 0.652 bits per heavy atom. The highest BCUT2D eigenvalue weighted by Crippen LogP contribution is 2.56. The minimum Gasteiger partial charge on any atom is -0.309 e. The van der Waals surface area contributed by atoms with E-state index in [4.69, 9.17) is 0 Å². The number of hydrogen-bond acceptors (Lipinski definition) is 2. The Hall–Kier alpha value is -5.34. The molecular formula is C44H38N2. The lowest BCUT2D eigenvalue weighted by molar-refractivity contribution is 0.866. The van der Waals surface area contributed by atoms with Crippen LogP contribution < -0.4 is 9.80 Å². The average Bonchev–Trinajstić information content (AvgIpc) is 3.10. The zero-order valence-electron chi connectivity index (χ0n) is 26.9. The second-order valence-electron chi connectivity index (χ2n) is 13.0. The Labute approximate surface area is 272 Å². The van der Waals surface area contributed by atoms with Gasteiger partial charge in [-0.2, -0.15) is 0 Å². The van der Waals surface area contributed by atoms with Gasteiger partial charge in [0.25, 0.3) is 0 Å². The predicted octanol–water partition coefficient (Wildman–Crippen LogP) is 12.5. The van der Waals surface area contributed by atoms with Gasteiger partial charge in [-0.3, -0.25) is 0 Å². The quantitative estimate of drug-likeness (QED) is 0.200. The summed E-state index contributed by atoms with van der Waals surface area (Å²) in [7, 11) is 0. The van der Waals surface area contributed by atoms with E-state index in [0.29, 0.717) is 11.8 Å². The third-order valence-corrected chi connectivity index (χ3v) is 9.50. The van der Waals surface area contributed by atoms with Crippen LogP contribution in [-0.2, 0) is 0 Å². The SMILES string of the molecule is CC(C)c1cccc(N2c3ccccc3C(=C3c4ccccc4N(c4cccc(C(C)C)c4)c4ccccc43)c3ccccc32)c1. The second kappa shape index (κ2) is 11.2. The molecule has 0 bridgehead atoms. The number of fused-ring (bicyclic) bond motifs is 4. The van der Waals surface area contributed by atoms with E-state index in [-0.39, 0.29) is 0 Å². The van der Waals surface area contributed by atoms with Crippen LogP contribution in [0.25, 0.3) is 11.1 Å². The van der Waals surface area contributed by atoms with E-state index in [2.05, 4.69) is 183 Å². The van der Waals surface area contributed by atoms with E-state index in [1.54, 1.807) is 0 Å². The van der Waals surface area contributed by atoms with Gasteiger partial charge in [0, 0.05) is 44.8 Å². The molecule has 46 heavy (non-hydrogen) atoms. The summed E-state index contributed by atoms with van der Waals surface area (Å²) in [6.07, 6.45) is 0. The van der Waals surface area contributed by atoms with Crippen molar-refractivity contribution in [2.45, 2.75) is 39.5 Å². The van der Waals surface area contributed by atoms with Crippen LogP contribution in [0.15, 0.2) is 146 Å². The Bertz CT molecular complexity index is 1880. The van der Waals surface area contributed by atoms with Crippen molar-refractivity contribution < 1.29 is 0 Å². The molecule has 0 N–H and O–H groups in total. The van der Waals surface area contributed by atoms with Gasteiger partial charge < -0.3 is 9.80 Å². The van der Waals surface area contributed by atoms with Crippen molar-refractivity contribution in [3.63, 3.8) is 0 Å². The van der Waals surface area contributed by atoms with E-state index >= 15 is 0 Å². The molecule has 0 saturated heterocycles. The first kappa shape index (κ1) is 28.2. The summed E-state index contributed by atoms with van der Waals surface area (Å²) < 4.78 is 0. The average molecular weight is 595 g/mol. The smallest absolute Gasteiger partial charge is 0.0540 e. The molecule has 2 heteroatoms. The molecule has 0 radical (unpaired) electrons. The highest BCUT2D eigenvalue weighted by atomic mass is 15.2. The molecule has 224 valence electrons. The number of benzene rings is 6. The van der Waals surface area contributed by atoms with Gasteiger partial charge in [0.1, 0.15) is 0 Å². The van der Waals surface area contributed by atoms with E-state index in [1.165, 1.54) is 78.7 Å². The zero-order chi connectivity index (χ0) is 31.4. The fourth-order valence-electron chi connectivity index (χ4n) is 7.21. The molecule has 0 aromatic heterocycles. The largest absolute Gasteiger partial charge is 0.309 e. The van der Waals surface area contributed by atoms with Crippen LogP contribution in [-0.4, -0.2) is 0 Å². The first-order valence-corrected chi connectivity index (χ1v) is 16.4. The number of hydrogen-bond donors (Lipinski definition) is 0. The summed E-state index contributed by atoms with van der Waals surface area (Å²) in [5.74, 6) is 0.902. The lowest BCUT2D eigenvalue weighted by atomic mass is 9.79. The predicted molar refractivity (Wildman–Crippen MR) is 195 cm³/mol. The summed E-state index contributed by atoms with van der Waals surface area (Å²) in [5, 5.41) is 0. The van der Waals surface area contributed by atoms with Crippen molar-refractivity contribution in [1.82, 2.24) is 0 Å². The molecule has 0 unspecified atom stereocenters. The molecule has 0 saturated carbocycles. The van der Waals surface area contributed by atoms with Crippen LogP contribution >= 0.6 is 0 Å². The summed E-state index contributed by atoms with van der Waals surface area (Å²) in [6.45, 7) is 9.06. The Balaban J connectivity index is 1.43. The number of rotatable bonds is 4. The van der Waals surface area contributed by atoms with E-state index in [0.717, 1.165) is 0 Å². The maximum absolute atomic E-state index is 2.45. The third kappa shape index (κ3) is 4.48. The highest BCUT2D eigenvalue weighted by molar-refractivity contribution is 6.17. The molecule has 2 aliphatic heterocycles. The molecular weight excluding hydrogens is 556 g/mol.